The first kappa shape index (κ1) is 20.6. The van der Waals surface area contributed by atoms with Crippen LogP contribution in [0.3, 0.4) is 0 Å². The Morgan fingerprint density at radius 2 is 1.86 bits per heavy atom. The van der Waals surface area contributed by atoms with Crippen LogP contribution >= 0.6 is 11.6 Å². The Balaban J connectivity index is 1.62. The fourth-order valence-electron chi connectivity index (χ4n) is 3.37. The van der Waals surface area contributed by atoms with Gasteiger partial charge in [-0.3, -0.25) is 10.1 Å². The molecular weight excluding hydrogens is 402 g/mol. The van der Waals surface area contributed by atoms with Gasteiger partial charge in [0.1, 0.15) is 0 Å². The maximum absolute atomic E-state index is 12.7. The summed E-state index contributed by atoms with van der Waals surface area (Å²) in [6.07, 6.45) is 1.28. The van der Waals surface area contributed by atoms with Crippen molar-refractivity contribution in [2.24, 2.45) is 0 Å². The normalized spacial score (nSPS) is 16.1. The summed E-state index contributed by atoms with van der Waals surface area (Å²) in [4.78, 5) is 10.5. The Hall–Kier alpha value is -2.16. The van der Waals surface area contributed by atoms with Crippen LogP contribution in [0.25, 0.3) is 0 Å². The van der Waals surface area contributed by atoms with Crippen LogP contribution in [0.2, 0.25) is 5.02 Å². The van der Waals surface area contributed by atoms with Crippen molar-refractivity contribution in [2.45, 2.75) is 31.6 Å². The molecule has 1 aliphatic rings. The van der Waals surface area contributed by atoms with E-state index < -0.39 is 14.9 Å². The number of anilines is 1. The van der Waals surface area contributed by atoms with Crippen LogP contribution in [0.15, 0.2) is 42.5 Å². The number of rotatable bonds is 6. The van der Waals surface area contributed by atoms with Crippen molar-refractivity contribution in [1.29, 1.82) is 0 Å². The summed E-state index contributed by atoms with van der Waals surface area (Å²) in [5.74, 6) is -0.000770. The van der Waals surface area contributed by atoms with Gasteiger partial charge in [0, 0.05) is 31.3 Å². The van der Waals surface area contributed by atoms with Crippen molar-refractivity contribution in [3.05, 3.63) is 68.7 Å². The quantitative estimate of drug-likeness (QED) is 0.560. The van der Waals surface area contributed by atoms with Gasteiger partial charge in [0.15, 0.2) is 0 Å². The van der Waals surface area contributed by atoms with Crippen molar-refractivity contribution in [3.63, 3.8) is 0 Å². The van der Waals surface area contributed by atoms with Crippen LogP contribution in [-0.4, -0.2) is 36.8 Å². The maximum atomic E-state index is 12.7. The number of benzene rings is 2. The second-order valence-corrected chi connectivity index (χ2v) is 9.31. The van der Waals surface area contributed by atoms with Gasteiger partial charge in [0.2, 0.25) is 10.0 Å². The van der Waals surface area contributed by atoms with E-state index in [1.807, 2.05) is 30.3 Å². The van der Waals surface area contributed by atoms with E-state index in [1.54, 1.807) is 6.92 Å². The minimum absolute atomic E-state index is 0.000770. The van der Waals surface area contributed by atoms with Gasteiger partial charge in [-0.1, -0.05) is 41.9 Å². The standard InChI is InChI=1S/C19H22ClN3O4S/c1-14-11-17(23(24)25)12-18(20)19(14)21-16-7-9-22(10-8-16)28(26,27)13-15-5-3-2-4-6-15/h2-6,11-12,16,21H,7-10,13H2,1H3. The molecule has 9 heteroatoms. The van der Waals surface area contributed by atoms with Crippen LogP contribution in [0.5, 0.6) is 0 Å². The number of aryl methyl sites for hydroxylation is 1. The highest BCUT2D eigenvalue weighted by molar-refractivity contribution is 7.88. The van der Waals surface area contributed by atoms with Crippen molar-refractivity contribution in [1.82, 2.24) is 4.31 Å². The molecule has 0 spiro atoms. The van der Waals surface area contributed by atoms with Crippen molar-refractivity contribution in [3.8, 4) is 0 Å². The fraction of sp³-hybridized carbons (Fsp3) is 0.368. The van der Waals surface area contributed by atoms with Crippen LogP contribution in [0.4, 0.5) is 11.4 Å². The summed E-state index contributed by atoms with van der Waals surface area (Å²) in [5.41, 5.74) is 2.09. The lowest BCUT2D eigenvalue weighted by Crippen LogP contribution is -2.42. The third-order valence-corrected chi connectivity index (χ3v) is 7.02. The number of piperidine rings is 1. The number of nitro groups is 1. The summed E-state index contributed by atoms with van der Waals surface area (Å²) in [7, 11) is -3.36. The molecule has 2 aromatic rings. The molecule has 0 unspecified atom stereocenters. The molecule has 0 aliphatic carbocycles. The first-order valence-electron chi connectivity index (χ1n) is 8.99. The SMILES string of the molecule is Cc1cc([N+](=O)[O-])cc(Cl)c1NC1CCN(S(=O)(=O)Cc2ccccc2)CC1. The third-order valence-electron chi connectivity index (χ3n) is 4.87. The number of nitrogens with one attached hydrogen (secondary N) is 1. The van der Waals surface area contributed by atoms with Gasteiger partial charge in [-0.2, -0.15) is 0 Å². The largest absolute Gasteiger partial charge is 0.381 e. The molecule has 150 valence electrons. The van der Waals surface area contributed by atoms with Gasteiger partial charge < -0.3 is 5.32 Å². The molecule has 0 atom stereocenters. The summed E-state index contributed by atoms with van der Waals surface area (Å²) in [5, 5.41) is 14.6. The van der Waals surface area contributed by atoms with E-state index in [0.29, 0.717) is 42.2 Å². The molecule has 1 saturated heterocycles. The first-order chi connectivity index (χ1) is 13.3. The van der Waals surface area contributed by atoms with Crippen molar-refractivity contribution < 1.29 is 13.3 Å². The van der Waals surface area contributed by atoms with Gasteiger partial charge in [0.05, 0.1) is 21.4 Å². The average Bonchev–Trinajstić information content (AvgIpc) is 2.65. The zero-order chi connectivity index (χ0) is 20.3. The highest BCUT2D eigenvalue weighted by Gasteiger charge is 2.28. The summed E-state index contributed by atoms with van der Waals surface area (Å²) in [6, 6.07) is 12.0. The summed E-state index contributed by atoms with van der Waals surface area (Å²) < 4.78 is 26.8. The molecule has 0 amide bonds. The maximum Gasteiger partial charge on any atom is 0.271 e. The highest BCUT2D eigenvalue weighted by Crippen LogP contribution is 2.32. The Bertz CT molecular complexity index is 935. The summed E-state index contributed by atoms with van der Waals surface area (Å²) >= 11 is 6.22. The van der Waals surface area contributed by atoms with E-state index in [2.05, 4.69) is 5.32 Å². The van der Waals surface area contributed by atoms with Gasteiger partial charge in [0.25, 0.3) is 5.69 Å². The van der Waals surface area contributed by atoms with Gasteiger partial charge >= 0.3 is 0 Å². The van der Waals surface area contributed by atoms with E-state index in [9.17, 15) is 18.5 Å². The van der Waals surface area contributed by atoms with Gasteiger partial charge in [-0.15, -0.1) is 0 Å². The topological polar surface area (TPSA) is 92.6 Å². The molecule has 28 heavy (non-hydrogen) atoms. The number of non-ortho nitro benzene ring substituents is 1. The molecule has 2 aromatic carbocycles. The van der Waals surface area contributed by atoms with Crippen LogP contribution in [0, 0.1) is 17.0 Å². The number of nitrogens with zero attached hydrogens (tertiary/aromatic N) is 2. The molecule has 1 N–H and O–H groups in total. The third kappa shape index (κ3) is 4.81. The average molecular weight is 424 g/mol. The highest BCUT2D eigenvalue weighted by atomic mass is 35.5. The fourth-order valence-corrected chi connectivity index (χ4v) is 5.25. The lowest BCUT2D eigenvalue weighted by molar-refractivity contribution is -0.384. The zero-order valence-electron chi connectivity index (χ0n) is 15.5. The van der Waals surface area contributed by atoms with E-state index in [1.165, 1.54) is 16.4 Å². The molecular formula is C19H22ClN3O4S. The van der Waals surface area contributed by atoms with Gasteiger partial charge in [-0.05, 0) is 30.9 Å². The van der Waals surface area contributed by atoms with E-state index in [4.69, 9.17) is 11.6 Å². The van der Waals surface area contributed by atoms with E-state index >= 15 is 0 Å². The molecule has 3 rings (SSSR count). The van der Waals surface area contributed by atoms with E-state index in [-0.39, 0.29) is 17.5 Å². The van der Waals surface area contributed by atoms with E-state index in [0.717, 1.165) is 5.56 Å². The Morgan fingerprint density at radius 3 is 2.43 bits per heavy atom. The number of hydrogen-bond acceptors (Lipinski definition) is 5. The van der Waals surface area contributed by atoms with Gasteiger partial charge in [-0.25, -0.2) is 12.7 Å². The molecule has 0 bridgehead atoms. The Kier molecular flexibility index (Phi) is 6.22. The predicted octanol–water partition coefficient (Wildman–Crippen LogP) is 3.96. The minimum Gasteiger partial charge on any atom is -0.381 e. The molecule has 1 fully saturated rings. The number of hydrogen-bond donors (Lipinski definition) is 1. The predicted molar refractivity (Wildman–Crippen MR) is 110 cm³/mol. The monoisotopic (exact) mass is 423 g/mol. The molecule has 1 heterocycles. The summed E-state index contributed by atoms with van der Waals surface area (Å²) in [6.45, 7) is 2.62. The molecule has 0 aromatic heterocycles. The molecule has 7 nitrogen and oxygen atoms in total. The van der Waals surface area contributed by atoms with Crippen molar-refractivity contribution in [2.75, 3.05) is 18.4 Å². The number of halogens is 1. The molecule has 1 aliphatic heterocycles. The Labute approximate surface area is 169 Å². The molecule has 0 radical (unpaired) electrons. The minimum atomic E-state index is -3.36. The lowest BCUT2D eigenvalue weighted by Gasteiger charge is -2.32. The molecule has 0 saturated carbocycles. The lowest BCUT2D eigenvalue weighted by atomic mass is 10.1. The van der Waals surface area contributed by atoms with Crippen LogP contribution in [-0.2, 0) is 15.8 Å². The smallest absolute Gasteiger partial charge is 0.271 e. The second-order valence-electron chi connectivity index (χ2n) is 6.94. The zero-order valence-corrected chi connectivity index (χ0v) is 17.0. The van der Waals surface area contributed by atoms with Crippen LogP contribution < -0.4 is 5.32 Å². The van der Waals surface area contributed by atoms with Crippen LogP contribution in [0.1, 0.15) is 24.0 Å². The number of nitro benzene ring substituents is 1. The number of sulfonamides is 1. The Morgan fingerprint density at radius 1 is 1.21 bits per heavy atom. The van der Waals surface area contributed by atoms with Crippen molar-refractivity contribution >= 4 is 33.0 Å². The second kappa shape index (κ2) is 8.46. The first-order valence-corrected chi connectivity index (χ1v) is 11.0.